The number of hydrogen-bond donors (Lipinski definition) is 0. The third kappa shape index (κ3) is 3.59. The van der Waals surface area contributed by atoms with Gasteiger partial charge in [-0.3, -0.25) is 14.4 Å². The molecule has 2 atom stereocenters. The molecular formula is C16H26O6. The van der Waals surface area contributed by atoms with Gasteiger partial charge >= 0.3 is 17.9 Å². The van der Waals surface area contributed by atoms with Gasteiger partial charge in [0.15, 0.2) is 5.41 Å². The third-order valence-electron chi connectivity index (χ3n) is 4.25. The molecule has 6 nitrogen and oxygen atoms in total. The average molecular weight is 314 g/mol. The van der Waals surface area contributed by atoms with Crippen LogP contribution in [0.15, 0.2) is 0 Å². The molecule has 1 aliphatic rings. The summed E-state index contributed by atoms with van der Waals surface area (Å²) < 4.78 is 15.3. The zero-order valence-corrected chi connectivity index (χ0v) is 13.8. The minimum absolute atomic E-state index is 0.171. The van der Waals surface area contributed by atoms with Gasteiger partial charge in [-0.25, -0.2) is 0 Å². The first kappa shape index (κ1) is 18.5. The quantitative estimate of drug-likeness (QED) is 0.407. The van der Waals surface area contributed by atoms with Crippen LogP contribution in [0.2, 0.25) is 0 Å². The molecule has 1 saturated carbocycles. The van der Waals surface area contributed by atoms with Crippen LogP contribution in [0.3, 0.4) is 0 Å². The van der Waals surface area contributed by atoms with Crippen LogP contribution in [-0.4, -0.2) is 37.7 Å². The first-order valence-corrected chi connectivity index (χ1v) is 7.94. The van der Waals surface area contributed by atoms with Gasteiger partial charge in [-0.05, 0) is 46.5 Å². The summed E-state index contributed by atoms with van der Waals surface area (Å²) in [5, 5.41) is 0. The molecule has 1 fully saturated rings. The molecule has 0 amide bonds. The Hall–Kier alpha value is -1.59. The summed E-state index contributed by atoms with van der Waals surface area (Å²) in [5.41, 5.74) is -1.47. The van der Waals surface area contributed by atoms with E-state index in [1.54, 1.807) is 20.8 Å². The largest absolute Gasteiger partial charge is 0.466 e. The number of esters is 3. The van der Waals surface area contributed by atoms with Crippen LogP contribution in [0.5, 0.6) is 0 Å². The summed E-state index contributed by atoms with van der Waals surface area (Å²) in [6, 6.07) is 0. The fourth-order valence-electron chi connectivity index (χ4n) is 3.13. The number of hydrogen-bond acceptors (Lipinski definition) is 6. The standard InChI is InChI=1S/C16H26O6/c1-5-20-13(17)11-9-8-10-12(11)16(4,14(18)21-6-2)15(19)22-7-3/h11-12H,5-10H2,1-4H3/t11-,12-/m1/s1. The molecule has 0 aromatic rings. The Labute approximate surface area is 131 Å². The van der Waals surface area contributed by atoms with E-state index in [-0.39, 0.29) is 25.8 Å². The van der Waals surface area contributed by atoms with E-state index in [4.69, 9.17) is 14.2 Å². The van der Waals surface area contributed by atoms with Crippen molar-refractivity contribution in [2.45, 2.75) is 47.0 Å². The molecule has 0 spiro atoms. The molecule has 0 bridgehead atoms. The maximum atomic E-state index is 12.4. The van der Waals surface area contributed by atoms with Crippen molar-refractivity contribution in [3.8, 4) is 0 Å². The maximum Gasteiger partial charge on any atom is 0.323 e. The smallest absolute Gasteiger partial charge is 0.323 e. The van der Waals surface area contributed by atoms with Gasteiger partial charge in [0.05, 0.1) is 25.7 Å². The van der Waals surface area contributed by atoms with E-state index in [1.165, 1.54) is 6.92 Å². The second-order valence-corrected chi connectivity index (χ2v) is 5.54. The van der Waals surface area contributed by atoms with Gasteiger partial charge in [0.2, 0.25) is 0 Å². The van der Waals surface area contributed by atoms with E-state index in [1.807, 2.05) is 0 Å². The lowest BCUT2D eigenvalue weighted by atomic mass is 9.71. The second kappa shape index (κ2) is 8.15. The molecular weight excluding hydrogens is 288 g/mol. The molecule has 0 aromatic heterocycles. The van der Waals surface area contributed by atoms with Crippen molar-refractivity contribution in [2.75, 3.05) is 19.8 Å². The van der Waals surface area contributed by atoms with Gasteiger partial charge in [-0.15, -0.1) is 0 Å². The Morgan fingerprint density at radius 3 is 1.86 bits per heavy atom. The van der Waals surface area contributed by atoms with E-state index in [0.717, 1.165) is 6.42 Å². The van der Waals surface area contributed by atoms with E-state index >= 15 is 0 Å². The highest BCUT2D eigenvalue weighted by Crippen LogP contribution is 2.46. The maximum absolute atomic E-state index is 12.4. The first-order valence-electron chi connectivity index (χ1n) is 7.94. The minimum Gasteiger partial charge on any atom is -0.466 e. The summed E-state index contributed by atoms with van der Waals surface area (Å²) in [7, 11) is 0. The molecule has 6 heteroatoms. The van der Waals surface area contributed by atoms with Crippen LogP contribution in [0, 0.1) is 17.3 Å². The SMILES string of the molecule is CCOC(=O)[C@@H]1CCC[C@H]1C(C)(C(=O)OCC)C(=O)OCC. The highest BCUT2D eigenvalue weighted by molar-refractivity contribution is 6.00. The third-order valence-corrected chi connectivity index (χ3v) is 4.25. The summed E-state index contributed by atoms with van der Waals surface area (Å²) in [4.78, 5) is 37.0. The Bertz CT molecular complexity index is 399. The molecule has 0 unspecified atom stereocenters. The highest BCUT2D eigenvalue weighted by atomic mass is 16.6. The number of carbonyl (C=O) groups excluding carboxylic acids is 3. The van der Waals surface area contributed by atoms with Crippen molar-refractivity contribution in [1.29, 1.82) is 0 Å². The van der Waals surface area contributed by atoms with Crippen LogP contribution in [-0.2, 0) is 28.6 Å². The average Bonchev–Trinajstić information content (AvgIpc) is 2.97. The zero-order chi connectivity index (χ0) is 16.8. The van der Waals surface area contributed by atoms with Crippen LogP contribution in [0.4, 0.5) is 0 Å². The molecule has 126 valence electrons. The van der Waals surface area contributed by atoms with Crippen molar-refractivity contribution < 1.29 is 28.6 Å². The van der Waals surface area contributed by atoms with Gasteiger partial charge in [0.25, 0.3) is 0 Å². The monoisotopic (exact) mass is 314 g/mol. The van der Waals surface area contributed by atoms with Gasteiger partial charge < -0.3 is 14.2 Å². The van der Waals surface area contributed by atoms with Crippen molar-refractivity contribution in [2.24, 2.45) is 17.3 Å². The summed E-state index contributed by atoms with van der Waals surface area (Å²) in [6.45, 7) is 7.23. The Morgan fingerprint density at radius 2 is 1.41 bits per heavy atom. The van der Waals surface area contributed by atoms with Crippen molar-refractivity contribution >= 4 is 17.9 Å². The highest BCUT2D eigenvalue weighted by Gasteiger charge is 2.56. The second-order valence-electron chi connectivity index (χ2n) is 5.54. The minimum atomic E-state index is -1.47. The topological polar surface area (TPSA) is 78.9 Å². The van der Waals surface area contributed by atoms with Crippen LogP contribution < -0.4 is 0 Å². The fourth-order valence-corrected chi connectivity index (χ4v) is 3.13. The molecule has 0 heterocycles. The van der Waals surface area contributed by atoms with Gasteiger partial charge in [-0.2, -0.15) is 0 Å². The summed E-state index contributed by atoms with van der Waals surface area (Å²) >= 11 is 0. The van der Waals surface area contributed by atoms with Crippen LogP contribution >= 0.6 is 0 Å². The van der Waals surface area contributed by atoms with E-state index in [9.17, 15) is 14.4 Å². The van der Waals surface area contributed by atoms with Crippen LogP contribution in [0.1, 0.15) is 47.0 Å². The Morgan fingerprint density at radius 1 is 0.909 bits per heavy atom. The van der Waals surface area contributed by atoms with E-state index < -0.39 is 29.2 Å². The number of rotatable bonds is 7. The lowest BCUT2D eigenvalue weighted by molar-refractivity contribution is -0.177. The van der Waals surface area contributed by atoms with Crippen molar-refractivity contribution in [1.82, 2.24) is 0 Å². The van der Waals surface area contributed by atoms with Crippen LogP contribution in [0.25, 0.3) is 0 Å². The number of ether oxygens (including phenoxy) is 3. The van der Waals surface area contributed by atoms with E-state index in [2.05, 4.69) is 0 Å². The molecule has 22 heavy (non-hydrogen) atoms. The molecule has 0 N–H and O–H groups in total. The summed E-state index contributed by atoms with van der Waals surface area (Å²) in [5.74, 6) is -2.54. The molecule has 0 saturated heterocycles. The lowest BCUT2D eigenvalue weighted by Crippen LogP contribution is -2.48. The molecule has 0 aromatic carbocycles. The van der Waals surface area contributed by atoms with Gasteiger partial charge in [0, 0.05) is 0 Å². The molecule has 0 aliphatic heterocycles. The predicted octanol–water partition coefficient (Wildman–Crippen LogP) is 2.10. The van der Waals surface area contributed by atoms with Gasteiger partial charge in [-0.1, -0.05) is 6.42 Å². The van der Waals surface area contributed by atoms with Gasteiger partial charge in [0.1, 0.15) is 0 Å². The molecule has 0 radical (unpaired) electrons. The Kier molecular flexibility index (Phi) is 6.84. The lowest BCUT2D eigenvalue weighted by Gasteiger charge is -2.33. The van der Waals surface area contributed by atoms with Crippen molar-refractivity contribution in [3.05, 3.63) is 0 Å². The molecule has 1 rings (SSSR count). The number of carbonyl (C=O) groups is 3. The molecule has 1 aliphatic carbocycles. The normalized spacial score (nSPS) is 21.3. The van der Waals surface area contributed by atoms with E-state index in [0.29, 0.717) is 12.8 Å². The zero-order valence-electron chi connectivity index (χ0n) is 13.8. The Balaban J connectivity index is 3.11. The summed E-state index contributed by atoms with van der Waals surface area (Å²) in [6.07, 6.45) is 1.97. The first-order chi connectivity index (χ1) is 10.4. The predicted molar refractivity (Wildman–Crippen MR) is 78.8 cm³/mol. The fraction of sp³-hybridized carbons (Fsp3) is 0.812. The van der Waals surface area contributed by atoms with Crippen molar-refractivity contribution in [3.63, 3.8) is 0 Å².